The van der Waals surface area contributed by atoms with Crippen LogP contribution in [-0.2, 0) is 0 Å². The summed E-state index contributed by atoms with van der Waals surface area (Å²) in [5.74, 6) is 0.377. The Balaban J connectivity index is 1.09. The summed E-state index contributed by atoms with van der Waals surface area (Å²) in [6.45, 7) is 14.2. The highest BCUT2D eigenvalue weighted by atomic mass is 16.3. The number of furan rings is 1. The largest absolute Gasteiger partial charge is 0.456 e. The molecule has 0 radical (unpaired) electrons. The van der Waals surface area contributed by atoms with Gasteiger partial charge < -0.3 is 9.32 Å². The first-order chi connectivity index (χ1) is 33.5. The van der Waals surface area contributed by atoms with E-state index in [0.717, 1.165) is 61.3 Å². The molecule has 12 rings (SSSR count). The molecule has 0 saturated heterocycles. The molecule has 69 heavy (non-hydrogen) atoms. The van der Waals surface area contributed by atoms with Gasteiger partial charge in [0.2, 0.25) is 0 Å². The Morgan fingerprint density at radius 3 is 1.74 bits per heavy atom. The zero-order valence-corrected chi connectivity index (χ0v) is 40.2. The number of benzene rings is 9. The number of para-hydroxylation sites is 2. The van der Waals surface area contributed by atoms with Gasteiger partial charge in [-0.1, -0.05) is 217 Å². The molecule has 1 unspecified atom stereocenters. The minimum absolute atomic E-state index is 0.0176. The van der Waals surface area contributed by atoms with E-state index >= 15 is 0 Å². The number of hydrogen-bond acceptors (Lipinski definition) is 2. The first kappa shape index (κ1) is 42.4. The molecule has 1 heterocycles. The number of anilines is 3. The monoisotopic (exact) mass is 889 g/mol. The Morgan fingerprint density at radius 1 is 0.420 bits per heavy atom. The lowest BCUT2D eigenvalue weighted by Crippen LogP contribution is -2.13. The van der Waals surface area contributed by atoms with Gasteiger partial charge in [0.1, 0.15) is 11.2 Å². The van der Waals surface area contributed by atoms with Crippen molar-refractivity contribution in [1.29, 1.82) is 0 Å². The second-order valence-electron chi connectivity index (χ2n) is 20.8. The zero-order valence-electron chi connectivity index (χ0n) is 40.2. The standard InChI is InChI=1S/C67H55NO/c1-66(2,3)48-41-56(64-57(42-48)65(64)67(4,5)6)53-30-18-25-46-24-17-29-52(62(46)53)51-26-13-15-31-58(51)68(59-39-36-47(43-20-9-7-10-21-43)40-55(59)44-22-11-8-12-23-44)49-37-34-45(35-38-49)50-28-19-33-61-63(50)54-27-14-16-32-60(54)69-61/h7-42,57H,1-6H3. The van der Waals surface area contributed by atoms with Gasteiger partial charge in [0, 0.05) is 33.5 Å². The summed E-state index contributed by atoms with van der Waals surface area (Å²) in [5.41, 5.74) is 21.6. The summed E-state index contributed by atoms with van der Waals surface area (Å²) in [7, 11) is 0. The third kappa shape index (κ3) is 7.43. The van der Waals surface area contributed by atoms with Gasteiger partial charge in [-0.15, -0.1) is 0 Å². The van der Waals surface area contributed by atoms with Crippen LogP contribution in [0.1, 0.15) is 47.1 Å². The van der Waals surface area contributed by atoms with Crippen molar-refractivity contribution in [3.05, 3.63) is 241 Å². The Kier molecular flexibility index (Phi) is 10.1. The zero-order chi connectivity index (χ0) is 47.0. The van der Waals surface area contributed by atoms with Crippen LogP contribution in [-0.4, -0.2) is 0 Å². The minimum Gasteiger partial charge on any atom is -0.456 e. The highest BCUT2D eigenvalue weighted by Gasteiger charge is 2.46. The minimum atomic E-state index is 0.0176. The van der Waals surface area contributed by atoms with Crippen molar-refractivity contribution < 1.29 is 4.42 Å². The van der Waals surface area contributed by atoms with Crippen LogP contribution >= 0.6 is 0 Å². The number of fused-ring (bicyclic) bond motifs is 5. The second-order valence-corrected chi connectivity index (χ2v) is 20.8. The fraction of sp³-hybridized carbons (Fsp3) is 0.134. The van der Waals surface area contributed by atoms with Gasteiger partial charge in [0.15, 0.2) is 0 Å². The number of allylic oxidation sites excluding steroid dienone is 6. The van der Waals surface area contributed by atoms with Crippen LogP contribution in [0.25, 0.3) is 82.8 Å². The summed E-state index contributed by atoms with van der Waals surface area (Å²) in [4.78, 5) is 2.49. The first-order valence-corrected chi connectivity index (χ1v) is 24.4. The highest BCUT2D eigenvalue weighted by molar-refractivity contribution is 6.13. The molecule has 1 aromatic heterocycles. The maximum Gasteiger partial charge on any atom is 0.136 e. The Morgan fingerprint density at radius 2 is 1.00 bits per heavy atom. The summed E-state index contributed by atoms with van der Waals surface area (Å²) >= 11 is 0. The molecule has 0 saturated carbocycles. The van der Waals surface area contributed by atoms with Gasteiger partial charge in [0.05, 0.1) is 11.4 Å². The molecule has 0 N–H and O–H groups in total. The van der Waals surface area contributed by atoms with Crippen LogP contribution < -0.4 is 4.90 Å². The third-order valence-electron chi connectivity index (χ3n) is 14.3. The van der Waals surface area contributed by atoms with Crippen molar-refractivity contribution in [3.63, 3.8) is 0 Å². The van der Waals surface area contributed by atoms with Gasteiger partial charge in [-0.25, -0.2) is 0 Å². The Labute approximate surface area is 406 Å². The Hall–Kier alpha value is -7.94. The van der Waals surface area contributed by atoms with Crippen molar-refractivity contribution in [2.45, 2.75) is 41.5 Å². The highest BCUT2D eigenvalue weighted by Crippen LogP contribution is 2.61. The molecule has 2 aliphatic rings. The van der Waals surface area contributed by atoms with Crippen LogP contribution in [0.2, 0.25) is 0 Å². The molecule has 0 bridgehead atoms. The molecule has 334 valence electrons. The molecule has 2 nitrogen and oxygen atoms in total. The van der Waals surface area contributed by atoms with E-state index in [1.807, 2.05) is 6.07 Å². The molecule has 2 heteroatoms. The molecule has 1 atom stereocenters. The normalized spacial score (nSPS) is 14.8. The third-order valence-corrected chi connectivity index (χ3v) is 14.3. The molecule has 0 spiro atoms. The molecule has 9 aromatic carbocycles. The van der Waals surface area contributed by atoms with E-state index in [1.165, 1.54) is 55.3 Å². The number of hydrogen-bond donors (Lipinski definition) is 0. The quantitative estimate of drug-likeness (QED) is 0.151. The maximum atomic E-state index is 6.35. The van der Waals surface area contributed by atoms with Gasteiger partial charge >= 0.3 is 0 Å². The number of rotatable bonds is 8. The van der Waals surface area contributed by atoms with E-state index in [4.69, 9.17) is 4.42 Å². The summed E-state index contributed by atoms with van der Waals surface area (Å²) in [5, 5.41) is 4.77. The lowest BCUT2D eigenvalue weighted by Gasteiger charge is -2.31. The first-order valence-electron chi connectivity index (χ1n) is 24.4. The smallest absolute Gasteiger partial charge is 0.136 e. The molecular formula is C67H55NO. The summed E-state index contributed by atoms with van der Waals surface area (Å²) in [6, 6.07) is 75.2. The van der Waals surface area contributed by atoms with E-state index < -0.39 is 0 Å². The maximum absolute atomic E-state index is 6.35. The van der Waals surface area contributed by atoms with Crippen LogP contribution in [0.15, 0.2) is 240 Å². The SMILES string of the molecule is CC(C)(C)C1=CC2C(=C2C(C)(C)C)C(c2cccc3cccc(-c4ccccc4N(c4ccc(-c5cccc6oc7ccccc7c56)cc4)c4ccc(-c5ccccc5)cc4-c4ccccc4)c23)=C1. The summed E-state index contributed by atoms with van der Waals surface area (Å²) in [6.07, 6.45) is 5.04. The number of nitrogens with zero attached hydrogens (tertiary/aromatic N) is 1. The summed E-state index contributed by atoms with van der Waals surface area (Å²) < 4.78 is 6.35. The van der Waals surface area contributed by atoms with E-state index in [2.05, 4.69) is 259 Å². The van der Waals surface area contributed by atoms with Crippen molar-refractivity contribution in [2.24, 2.45) is 16.7 Å². The molecule has 0 aliphatic heterocycles. The van der Waals surface area contributed by atoms with Gasteiger partial charge in [-0.3, -0.25) is 0 Å². The molecule has 2 aliphatic carbocycles. The van der Waals surface area contributed by atoms with Crippen molar-refractivity contribution in [3.8, 4) is 44.5 Å². The van der Waals surface area contributed by atoms with Gasteiger partial charge in [-0.2, -0.15) is 0 Å². The topological polar surface area (TPSA) is 16.4 Å². The molecule has 10 aromatic rings. The fourth-order valence-corrected chi connectivity index (χ4v) is 11.0. The molecular weight excluding hydrogens is 835 g/mol. The van der Waals surface area contributed by atoms with Crippen molar-refractivity contribution in [2.75, 3.05) is 4.90 Å². The fourth-order valence-electron chi connectivity index (χ4n) is 11.0. The second kappa shape index (κ2) is 16.4. The van der Waals surface area contributed by atoms with E-state index in [9.17, 15) is 0 Å². The van der Waals surface area contributed by atoms with E-state index in [-0.39, 0.29) is 10.8 Å². The predicted octanol–water partition coefficient (Wildman–Crippen LogP) is 19.2. The van der Waals surface area contributed by atoms with E-state index in [0.29, 0.717) is 5.92 Å². The van der Waals surface area contributed by atoms with Crippen LogP contribution in [0, 0.1) is 16.7 Å². The average molecular weight is 890 g/mol. The van der Waals surface area contributed by atoms with Gasteiger partial charge in [0.25, 0.3) is 0 Å². The van der Waals surface area contributed by atoms with Crippen LogP contribution in [0.3, 0.4) is 0 Å². The average Bonchev–Trinajstić information content (AvgIpc) is 4.02. The lowest BCUT2D eigenvalue weighted by molar-refractivity contribution is 0.499. The molecule has 0 fully saturated rings. The predicted molar refractivity (Wildman–Crippen MR) is 293 cm³/mol. The van der Waals surface area contributed by atoms with Gasteiger partial charge in [-0.05, 0) is 125 Å². The van der Waals surface area contributed by atoms with Crippen LogP contribution in [0.4, 0.5) is 17.1 Å². The van der Waals surface area contributed by atoms with Crippen molar-refractivity contribution >= 4 is 55.3 Å². The lowest BCUT2D eigenvalue weighted by atomic mass is 9.79. The van der Waals surface area contributed by atoms with Crippen LogP contribution in [0.5, 0.6) is 0 Å². The van der Waals surface area contributed by atoms with E-state index in [1.54, 1.807) is 5.57 Å². The van der Waals surface area contributed by atoms with Crippen molar-refractivity contribution in [1.82, 2.24) is 0 Å². The Bertz CT molecular complexity index is 3710. The molecule has 0 amide bonds.